The zero-order chi connectivity index (χ0) is 14.0. The smallest absolute Gasteiger partial charge is 0.347 e. The minimum atomic E-state index is -4.65. The second-order valence-electron chi connectivity index (χ2n) is 3.83. The van der Waals surface area contributed by atoms with E-state index in [0.29, 0.717) is 0 Å². The maximum atomic E-state index is 11.7. The van der Waals surface area contributed by atoms with Gasteiger partial charge >= 0.3 is 11.9 Å². The first-order chi connectivity index (χ1) is 8.88. The van der Waals surface area contributed by atoms with Crippen molar-refractivity contribution in [2.24, 2.45) is 0 Å². The maximum Gasteiger partial charge on any atom is 0.347 e. The Labute approximate surface area is 108 Å². The number of benzene rings is 1. The molecule has 0 aromatic heterocycles. The van der Waals surface area contributed by atoms with Gasteiger partial charge in [-0.25, -0.2) is 18.0 Å². The van der Waals surface area contributed by atoms with Crippen LogP contribution in [0.25, 0.3) is 0 Å². The number of rotatable bonds is 3. The predicted molar refractivity (Wildman–Crippen MR) is 59.2 cm³/mol. The van der Waals surface area contributed by atoms with Crippen LogP contribution < -0.4 is 0 Å². The van der Waals surface area contributed by atoms with Crippen molar-refractivity contribution in [3.8, 4) is 0 Å². The van der Waals surface area contributed by atoms with Crippen molar-refractivity contribution in [3.63, 3.8) is 0 Å². The van der Waals surface area contributed by atoms with Crippen LogP contribution in [0.2, 0.25) is 0 Å². The van der Waals surface area contributed by atoms with Crippen molar-refractivity contribution in [2.45, 2.75) is 17.4 Å². The molecule has 1 saturated heterocycles. The molecule has 1 aliphatic rings. The summed E-state index contributed by atoms with van der Waals surface area (Å²) in [6.45, 7) is 0.172. The Morgan fingerprint density at radius 2 is 2.16 bits per heavy atom. The molecule has 19 heavy (non-hydrogen) atoms. The van der Waals surface area contributed by atoms with Gasteiger partial charge in [0, 0.05) is 6.42 Å². The first-order valence-electron chi connectivity index (χ1n) is 5.31. The van der Waals surface area contributed by atoms with Crippen molar-refractivity contribution in [1.82, 2.24) is 0 Å². The average Bonchev–Trinajstić information content (AvgIpc) is 2.74. The van der Waals surface area contributed by atoms with Crippen LogP contribution in [-0.2, 0) is 24.4 Å². The number of hydrogen-bond acceptors (Lipinski definition) is 7. The molecule has 1 unspecified atom stereocenters. The Balaban J connectivity index is 2.18. The summed E-state index contributed by atoms with van der Waals surface area (Å²) in [6, 6.07) is 4.51. The van der Waals surface area contributed by atoms with Crippen molar-refractivity contribution < 1.29 is 32.0 Å². The van der Waals surface area contributed by atoms with Gasteiger partial charge in [0.25, 0.3) is 0 Å². The van der Waals surface area contributed by atoms with Gasteiger partial charge in [-0.05, 0) is 18.2 Å². The zero-order valence-corrected chi connectivity index (χ0v) is 10.4. The molecular formula is C11H9O7S-. The van der Waals surface area contributed by atoms with Crippen molar-refractivity contribution >= 4 is 22.1 Å². The number of hydrogen-bond donors (Lipinski definition) is 0. The fourth-order valence-corrected chi connectivity index (χ4v) is 2.08. The number of esters is 2. The monoisotopic (exact) mass is 285 g/mol. The highest BCUT2D eigenvalue weighted by molar-refractivity contribution is 7.85. The Kier molecular flexibility index (Phi) is 3.54. The van der Waals surface area contributed by atoms with Crippen LogP contribution in [-0.4, -0.2) is 37.6 Å². The highest BCUT2D eigenvalue weighted by Gasteiger charge is 2.30. The highest BCUT2D eigenvalue weighted by atomic mass is 32.2. The van der Waals surface area contributed by atoms with Gasteiger partial charge in [-0.15, -0.1) is 0 Å². The number of ether oxygens (including phenoxy) is 2. The lowest BCUT2D eigenvalue weighted by molar-refractivity contribution is -0.145. The van der Waals surface area contributed by atoms with Crippen LogP contribution >= 0.6 is 0 Å². The number of carbonyl (C=O) groups excluding carboxylic acids is 2. The summed E-state index contributed by atoms with van der Waals surface area (Å²) in [5.74, 6) is -1.52. The molecule has 0 saturated carbocycles. The number of cyclic esters (lactones) is 1. The summed E-state index contributed by atoms with van der Waals surface area (Å²) in [4.78, 5) is 22.3. The molecule has 7 nitrogen and oxygen atoms in total. The van der Waals surface area contributed by atoms with Crippen molar-refractivity contribution in [2.75, 3.05) is 6.61 Å². The van der Waals surface area contributed by atoms with Crippen LogP contribution in [0.15, 0.2) is 29.2 Å². The van der Waals surface area contributed by atoms with Gasteiger partial charge in [0.15, 0.2) is 0 Å². The lowest BCUT2D eigenvalue weighted by Gasteiger charge is -2.10. The van der Waals surface area contributed by atoms with Crippen molar-refractivity contribution in [3.05, 3.63) is 29.8 Å². The molecule has 102 valence electrons. The van der Waals surface area contributed by atoms with E-state index in [0.717, 1.165) is 12.1 Å². The summed E-state index contributed by atoms with van der Waals surface area (Å²) < 4.78 is 42.0. The third-order valence-corrected chi connectivity index (χ3v) is 3.33. The second-order valence-corrected chi connectivity index (χ2v) is 5.21. The van der Waals surface area contributed by atoms with E-state index in [9.17, 15) is 22.6 Å². The van der Waals surface area contributed by atoms with Crippen LogP contribution in [0.4, 0.5) is 0 Å². The minimum absolute atomic E-state index is 0.114. The molecule has 0 spiro atoms. The molecule has 0 bridgehead atoms. The van der Waals surface area contributed by atoms with Crippen LogP contribution in [0.3, 0.4) is 0 Å². The van der Waals surface area contributed by atoms with Gasteiger partial charge in [-0.2, -0.15) is 0 Å². The Bertz CT molecular complexity index is 620. The Hall–Kier alpha value is -1.93. The van der Waals surface area contributed by atoms with E-state index in [2.05, 4.69) is 4.74 Å². The molecule has 0 amide bonds. The summed E-state index contributed by atoms with van der Waals surface area (Å²) in [5.41, 5.74) is -0.114. The summed E-state index contributed by atoms with van der Waals surface area (Å²) in [7, 11) is -4.65. The molecule has 1 atom stereocenters. The normalized spacial score (nSPS) is 19.0. The third kappa shape index (κ3) is 3.09. The van der Waals surface area contributed by atoms with Crippen LogP contribution in [0.5, 0.6) is 0 Å². The third-order valence-electron chi connectivity index (χ3n) is 2.49. The summed E-state index contributed by atoms with van der Waals surface area (Å²) >= 11 is 0. The first kappa shape index (κ1) is 13.5. The van der Waals surface area contributed by atoms with Crippen LogP contribution in [0.1, 0.15) is 16.8 Å². The van der Waals surface area contributed by atoms with Gasteiger partial charge in [0.1, 0.15) is 10.1 Å². The summed E-state index contributed by atoms with van der Waals surface area (Å²) in [6.07, 6.45) is -0.732. The van der Waals surface area contributed by atoms with E-state index in [1.165, 1.54) is 12.1 Å². The average molecular weight is 285 g/mol. The fourth-order valence-electron chi connectivity index (χ4n) is 1.56. The largest absolute Gasteiger partial charge is 0.744 e. The SMILES string of the molecule is O=C(OC1CCOC1=O)c1cccc(S(=O)(=O)[O-])c1. The van der Waals surface area contributed by atoms with Gasteiger partial charge < -0.3 is 14.0 Å². The van der Waals surface area contributed by atoms with Gasteiger partial charge in [-0.3, -0.25) is 0 Å². The molecule has 0 N–H and O–H groups in total. The van der Waals surface area contributed by atoms with E-state index < -0.39 is 33.1 Å². The first-order valence-corrected chi connectivity index (χ1v) is 6.72. The van der Waals surface area contributed by atoms with Crippen LogP contribution in [0, 0.1) is 0 Å². The van der Waals surface area contributed by atoms with E-state index in [1.54, 1.807) is 0 Å². The van der Waals surface area contributed by atoms with E-state index >= 15 is 0 Å². The molecule has 1 fully saturated rings. The molecule has 2 rings (SSSR count). The second kappa shape index (κ2) is 4.98. The molecule has 1 aromatic carbocycles. The van der Waals surface area contributed by atoms with E-state index in [1.807, 2.05) is 0 Å². The maximum absolute atomic E-state index is 11.7. The Morgan fingerprint density at radius 3 is 2.74 bits per heavy atom. The van der Waals surface area contributed by atoms with Gasteiger partial charge in [-0.1, -0.05) is 6.07 Å². The molecule has 0 radical (unpaired) electrons. The molecule has 1 aliphatic heterocycles. The van der Waals surface area contributed by atoms with E-state index in [4.69, 9.17) is 4.74 Å². The van der Waals surface area contributed by atoms with Crippen molar-refractivity contribution in [1.29, 1.82) is 0 Å². The standard InChI is InChI=1S/C11H10O7S/c12-10(18-9-4-5-17-11(9)13)7-2-1-3-8(6-7)19(14,15)16/h1-3,6,9H,4-5H2,(H,14,15,16)/p-1. The lowest BCUT2D eigenvalue weighted by Crippen LogP contribution is -2.22. The quantitative estimate of drug-likeness (QED) is 0.570. The van der Waals surface area contributed by atoms with E-state index in [-0.39, 0.29) is 18.6 Å². The van der Waals surface area contributed by atoms with Gasteiger partial charge in [0.05, 0.1) is 17.1 Å². The molecule has 0 aliphatic carbocycles. The highest BCUT2D eigenvalue weighted by Crippen LogP contribution is 2.16. The van der Waals surface area contributed by atoms with Gasteiger partial charge in [0.2, 0.25) is 6.10 Å². The predicted octanol–water partition coefficient (Wildman–Crippen LogP) is 0.0630. The fraction of sp³-hybridized carbons (Fsp3) is 0.273. The Morgan fingerprint density at radius 1 is 1.42 bits per heavy atom. The minimum Gasteiger partial charge on any atom is -0.744 e. The summed E-state index contributed by atoms with van der Waals surface area (Å²) in [5, 5.41) is 0. The molecule has 1 heterocycles. The molecule has 1 aromatic rings. The topological polar surface area (TPSA) is 110 Å². The number of carbonyl (C=O) groups is 2. The zero-order valence-electron chi connectivity index (χ0n) is 9.57. The lowest BCUT2D eigenvalue weighted by atomic mass is 10.2. The molecular weight excluding hydrogens is 276 g/mol. The molecule has 8 heteroatoms.